The number of thioether (sulfide) groups is 1. The molecule has 0 aliphatic carbocycles. The lowest BCUT2D eigenvalue weighted by Gasteiger charge is -2.11. The summed E-state index contributed by atoms with van der Waals surface area (Å²) in [6.07, 6.45) is 0. The van der Waals surface area contributed by atoms with Gasteiger partial charge in [-0.3, -0.25) is 14.2 Å². The van der Waals surface area contributed by atoms with Gasteiger partial charge in [-0.25, -0.2) is 0 Å². The molecule has 2 amide bonds. The molecule has 0 aliphatic heterocycles. The average molecular weight is 542 g/mol. The lowest BCUT2D eigenvalue weighted by Crippen LogP contribution is -2.24. The predicted octanol–water partition coefficient (Wildman–Crippen LogP) is 5.06. The molecule has 0 fully saturated rings. The molecule has 10 heteroatoms. The molecule has 2 N–H and O–H groups in total. The highest BCUT2D eigenvalue weighted by Crippen LogP contribution is 2.24. The predicted molar refractivity (Wildman–Crippen MR) is 135 cm³/mol. The summed E-state index contributed by atoms with van der Waals surface area (Å²) in [4.78, 5) is 25.5. The van der Waals surface area contributed by atoms with Crippen molar-refractivity contribution < 1.29 is 9.59 Å². The van der Waals surface area contributed by atoms with Crippen LogP contribution < -0.4 is 10.6 Å². The highest BCUT2D eigenvalue weighted by Gasteiger charge is 2.17. The summed E-state index contributed by atoms with van der Waals surface area (Å²) in [6, 6.07) is 18.9. The van der Waals surface area contributed by atoms with E-state index in [0.29, 0.717) is 15.9 Å². The second-order valence-corrected chi connectivity index (χ2v) is 9.88. The van der Waals surface area contributed by atoms with Crippen molar-refractivity contribution in [2.75, 3.05) is 11.1 Å². The summed E-state index contributed by atoms with van der Waals surface area (Å²) in [5.41, 5.74) is 2.67. The van der Waals surface area contributed by atoms with Gasteiger partial charge in [0, 0.05) is 15.8 Å². The van der Waals surface area contributed by atoms with Gasteiger partial charge in [-0.1, -0.05) is 45.9 Å². The summed E-state index contributed by atoms with van der Waals surface area (Å²) in [7, 11) is 0. The third-order valence-electron chi connectivity index (χ3n) is 4.57. The Labute approximate surface area is 207 Å². The molecule has 2 aromatic heterocycles. The maximum Gasteiger partial charge on any atom is 0.261 e. The van der Waals surface area contributed by atoms with E-state index in [1.807, 2.05) is 71.5 Å². The first-order valence-corrected chi connectivity index (χ1v) is 12.7. The lowest BCUT2D eigenvalue weighted by molar-refractivity contribution is -0.113. The molecule has 0 bridgehead atoms. The molecule has 0 saturated carbocycles. The van der Waals surface area contributed by atoms with E-state index in [1.54, 1.807) is 6.07 Å². The molecule has 0 atom stereocenters. The summed E-state index contributed by atoms with van der Waals surface area (Å²) in [5, 5.41) is 16.8. The number of carbonyl (C=O) groups is 2. The van der Waals surface area contributed by atoms with Gasteiger partial charge in [0.1, 0.15) is 0 Å². The van der Waals surface area contributed by atoms with Gasteiger partial charge in [0.05, 0.1) is 17.2 Å². The fourth-order valence-corrected chi connectivity index (χ4v) is 4.74. The Morgan fingerprint density at radius 2 is 1.91 bits per heavy atom. The quantitative estimate of drug-likeness (QED) is 0.304. The minimum absolute atomic E-state index is 0.136. The van der Waals surface area contributed by atoms with E-state index in [1.165, 1.54) is 23.1 Å². The standard InChI is InChI=1S/C23H20BrN5O2S2/c1-15-4-2-5-17(12-15)26-21(30)14-33-23-28-27-20(13-25-22(31)19-6-3-11-32-19)29(23)18-9-7-16(24)8-10-18/h2-12H,13-14H2,1H3,(H,25,31)(H,26,30). The molecule has 0 spiro atoms. The summed E-state index contributed by atoms with van der Waals surface area (Å²) in [5.74, 6) is 0.443. The fraction of sp³-hybridized carbons (Fsp3) is 0.130. The van der Waals surface area contributed by atoms with E-state index in [0.717, 1.165) is 21.4 Å². The van der Waals surface area contributed by atoms with Gasteiger partial charge in [-0.15, -0.1) is 21.5 Å². The van der Waals surface area contributed by atoms with Gasteiger partial charge in [0.15, 0.2) is 11.0 Å². The molecular weight excluding hydrogens is 522 g/mol. The number of aryl methyl sites for hydroxylation is 1. The Balaban J connectivity index is 1.50. The van der Waals surface area contributed by atoms with E-state index in [-0.39, 0.29) is 24.1 Å². The zero-order valence-corrected chi connectivity index (χ0v) is 20.8. The number of thiophene rings is 1. The van der Waals surface area contributed by atoms with Crippen molar-refractivity contribution in [3.63, 3.8) is 0 Å². The van der Waals surface area contributed by atoms with E-state index in [2.05, 4.69) is 36.8 Å². The number of halogens is 1. The van der Waals surface area contributed by atoms with Gasteiger partial charge in [0.2, 0.25) is 5.91 Å². The molecule has 4 rings (SSSR count). The van der Waals surface area contributed by atoms with Crippen molar-refractivity contribution >= 4 is 56.5 Å². The van der Waals surface area contributed by atoms with Crippen molar-refractivity contribution in [1.82, 2.24) is 20.1 Å². The summed E-state index contributed by atoms with van der Waals surface area (Å²) >= 11 is 6.11. The number of nitrogens with zero attached hydrogens (tertiary/aromatic N) is 3. The maximum atomic E-state index is 12.5. The zero-order chi connectivity index (χ0) is 23.2. The second-order valence-electron chi connectivity index (χ2n) is 7.08. The van der Waals surface area contributed by atoms with Crippen LogP contribution in [0.3, 0.4) is 0 Å². The van der Waals surface area contributed by atoms with Crippen LogP contribution in [0, 0.1) is 6.92 Å². The first-order valence-electron chi connectivity index (χ1n) is 10.0. The van der Waals surface area contributed by atoms with Gasteiger partial charge >= 0.3 is 0 Å². The van der Waals surface area contributed by atoms with Crippen LogP contribution >= 0.6 is 39.0 Å². The highest BCUT2D eigenvalue weighted by atomic mass is 79.9. The number of hydrogen-bond donors (Lipinski definition) is 2. The first-order chi connectivity index (χ1) is 16.0. The third kappa shape index (κ3) is 6.10. The van der Waals surface area contributed by atoms with Crippen LogP contribution in [0.5, 0.6) is 0 Å². The van der Waals surface area contributed by atoms with Gasteiger partial charge < -0.3 is 10.6 Å². The van der Waals surface area contributed by atoms with Crippen LogP contribution in [0.2, 0.25) is 0 Å². The van der Waals surface area contributed by atoms with E-state index < -0.39 is 0 Å². The number of carbonyl (C=O) groups excluding carboxylic acids is 2. The zero-order valence-electron chi connectivity index (χ0n) is 17.6. The molecule has 0 unspecified atom stereocenters. The van der Waals surface area contributed by atoms with Crippen LogP contribution in [0.1, 0.15) is 21.1 Å². The number of rotatable bonds is 8. The summed E-state index contributed by atoms with van der Waals surface area (Å²) in [6.45, 7) is 2.18. The number of amides is 2. The second kappa shape index (κ2) is 10.8. The number of hydrogen-bond acceptors (Lipinski definition) is 6. The van der Waals surface area contributed by atoms with Crippen LogP contribution in [0.15, 0.2) is 75.7 Å². The van der Waals surface area contributed by atoms with Crippen molar-refractivity contribution in [3.8, 4) is 5.69 Å². The van der Waals surface area contributed by atoms with Crippen LogP contribution in [-0.4, -0.2) is 32.3 Å². The molecule has 2 heterocycles. The lowest BCUT2D eigenvalue weighted by atomic mass is 10.2. The number of benzene rings is 2. The molecule has 7 nitrogen and oxygen atoms in total. The highest BCUT2D eigenvalue weighted by molar-refractivity contribution is 9.10. The smallest absolute Gasteiger partial charge is 0.261 e. The molecular formula is C23H20BrN5O2S2. The van der Waals surface area contributed by atoms with Gasteiger partial charge in [-0.05, 0) is 60.3 Å². The Morgan fingerprint density at radius 1 is 1.09 bits per heavy atom. The minimum Gasteiger partial charge on any atom is -0.344 e. The fourth-order valence-electron chi connectivity index (χ4n) is 3.06. The Bertz CT molecular complexity index is 1260. The Morgan fingerprint density at radius 3 is 2.64 bits per heavy atom. The van der Waals surface area contributed by atoms with Crippen molar-refractivity contribution in [3.05, 3.63) is 86.8 Å². The molecule has 168 valence electrons. The van der Waals surface area contributed by atoms with Gasteiger partial charge in [0.25, 0.3) is 5.91 Å². The van der Waals surface area contributed by atoms with E-state index >= 15 is 0 Å². The molecule has 4 aromatic rings. The van der Waals surface area contributed by atoms with Crippen LogP contribution in [0.25, 0.3) is 5.69 Å². The first kappa shape index (κ1) is 23.2. The van der Waals surface area contributed by atoms with Crippen molar-refractivity contribution in [2.45, 2.75) is 18.6 Å². The van der Waals surface area contributed by atoms with Crippen molar-refractivity contribution in [2.24, 2.45) is 0 Å². The molecule has 0 saturated heterocycles. The SMILES string of the molecule is Cc1cccc(NC(=O)CSc2nnc(CNC(=O)c3cccs3)n2-c2ccc(Br)cc2)c1. The molecule has 2 aromatic carbocycles. The number of nitrogens with one attached hydrogen (secondary N) is 2. The van der Waals surface area contributed by atoms with E-state index in [4.69, 9.17) is 0 Å². The van der Waals surface area contributed by atoms with Gasteiger partial charge in [-0.2, -0.15) is 0 Å². The number of aromatic nitrogens is 3. The monoisotopic (exact) mass is 541 g/mol. The molecule has 33 heavy (non-hydrogen) atoms. The van der Waals surface area contributed by atoms with E-state index in [9.17, 15) is 9.59 Å². The third-order valence-corrected chi connectivity index (χ3v) is 6.90. The number of anilines is 1. The topological polar surface area (TPSA) is 88.9 Å². The average Bonchev–Trinajstić information content (AvgIpc) is 3.47. The maximum absolute atomic E-state index is 12.5. The Kier molecular flexibility index (Phi) is 7.58. The van der Waals surface area contributed by atoms with Crippen molar-refractivity contribution in [1.29, 1.82) is 0 Å². The van der Waals surface area contributed by atoms with Crippen LogP contribution in [0.4, 0.5) is 5.69 Å². The minimum atomic E-state index is -0.165. The molecule has 0 radical (unpaired) electrons. The van der Waals surface area contributed by atoms with Crippen LogP contribution in [-0.2, 0) is 11.3 Å². The summed E-state index contributed by atoms with van der Waals surface area (Å²) < 4.78 is 2.80. The Hall–Kier alpha value is -2.95. The largest absolute Gasteiger partial charge is 0.344 e. The normalized spacial score (nSPS) is 10.7. The molecule has 0 aliphatic rings.